The number of aromatic nitrogens is 1. The molecule has 6 nitrogen and oxygen atoms in total. The van der Waals surface area contributed by atoms with E-state index in [0.29, 0.717) is 16.5 Å². The number of halogens is 1. The molecule has 1 N–H and O–H groups in total. The van der Waals surface area contributed by atoms with Crippen molar-refractivity contribution in [3.05, 3.63) is 52.8 Å². The van der Waals surface area contributed by atoms with Crippen molar-refractivity contribution in [3.63, 3.8) is 0 Å². The summed E-state index contributed by atoms with van der Waals surface area (Å²) in [6.07, 6.45) is 3.91. The SMILES string of the molecule is CC(C)(C)C(=O)N[C@@H](c1ccccn1)[C@H]1CCCN(Cc2cc(Cl)c3c(c2)OCO3)C1. The number of carbonyl (C=O) groups excluding carboxylic acids is 1. The highest BCUT2D eigenvalue weighted by Gasteiger charge is 2.33. The van der Waals surface area contributed by atoms with Crippen molar-refractivity contribution >= 4 is 17.5 Å². The predicted octanol–water partition coefficient (Wildman–Crippen LogP) is 4.58. The van der Waals surface area contributed by atoms with Crippen LogP contribution in [-0.4, -0.2) is 35.7 Å². The van der Waals surface area contributed by atoms with E-state index in [0.717, 1.165) is 43.7 Å². The molecule has 2 atom stereocenters. The van der Waals surface area contributed by atoms with E-state index >= 15 is 0 Å². The molecule has 7 heteroatoms. The predicted molar refractivity (Wildman–Crippen MR) is 120 cm³/mol. The van der Waals surface area contributed by atoms with Gasteiger partial charge < -0.3 is 14.8 Å². The van der Waals surface area contributed by atoms with Crippen molar-refractivity contribution in [2.24, 2.45) is 11.3 Å². The first-order valence-electron chi connectivity index (χ1n) is 10.8. The van der Waals surface area contributed by atoms with E-state index in [2.05, 4.69) is 15.2 Å². The molecule has 2 aliphatic heterocycles. The fourth-order valence-corrected chi connectivity index (χ4v) is 4.52. The molecular weight excluding hydrogens is 414 g/mol. The van der Waals surface area contributed by atoms with Gasteiger partial charge >= 0.3 is 0 Å². The van der Waals surface area contributed by atoms with Crippen molar-refractivity contribution in [2.75, 3.05) is 19.9 Å². The molecule has 0 saturated carbocycles. The number of hydrogen-bond acceptors (Lipinski definition) is 5. The number of nitrogens with one attached hydrogen (secondary N) is 1. The molecule has 3 heterocycles. The largest absolute Gasteiger partial charge is 0.454 e. The van der Waals surface area contributed by atoms with Crippen LogP contribution in [0.5, 0.6) is 11.5 Å². The molecule has 0 unspecified atom stereocenters. The van der Waals surface area contributed by atoms with Gasteiger partial charge in [0.2, 0.25) is 12.7 Å². The maximum atomic E-state index is 12.8. The van der Waals surface area contributed by atoms with E-state index in [9.17, 15) is 4.79 Å². The molecule has 1 saturated heterocycles. The Hall–Kier alpha value is -2.31. The number of pyridine rings is 1. The first kappa shape index (κ1) is 21.9. The van der Waals surface area contributed by atoms with Crippen LogP contribution in [0.1, 0.15) is 50.9 Å². The van der Waals surface area contributed by atoms with Gasteiger partial charge in [-0.1, -0.05) is 38.4 Å². The number of amides is 1. The smallest absolute Gasteiger partial charge is 0.231 e. The lowest BCUT2D eigenvalue weighted by Crippen LogP contribution is -2.45. The Bertz CT molecular complexity index is 930. The lowest BCUT2D eigenvalue weighted by atomic mass is 9.86. The second-order valence-corrected chi connectivity index (χ2v) is 9.81. The van der Waals surface area contributed by atoms with Crippen molar-refractivity contribution < 1.29 is 14.3 Å². The van der Waals surface area contributed by atoms with Crippen LogP contribution in [0, 0.1) is 11.3 Å². The molecule has 1 amide bonds. The Morgan fingerprint density at radius 3 is 2.90 bits per heavy atom. The number of piperidine rings is 1. The molecule has 0 aliphatic carbocycles. The van der Waals surface area contributed by atoms with Crippen LogP contribution in [0.2, 0.25) is 5.02 Å². The highest BCUT2D eigenvalue weighted by Crippen LogP contribution is 2.40. The Labute approximate surface area is 188 Å². The minimum absolute atomic E-state index is 0.0443. The third kappa shape index (κ3) is 5.13. The van der Waals surface area contributed by atoms with Crippen LogP contribution < -0.4 is 14.8 Å². The van der Waals surface area contributed by atoms with Crippen LogP contribution >= 0.6 is 11.6 Å². The molecule has 2 aromatic rings. The lowest BCUT2D eigenvalue weighted by Gasteiger charge is -2.38. The van der Waals surface area contributed by atoms with Crippen LogP contribution in [0.4, 0.5) is 0 Å². The monoisotopic (exact) mass is 443 g/mol. The highest BCUT2D eigenvalue weighted by molar-refractivity contribution is 6.32. The van der Waals surface area contributed by atoms with Gasteiger partial charge in [0.25, 0.3) is 0 Å². The molecule has 2 aliphatic rings. The quantitative estimate of drug-likeness (QED) is 0.732. The Kier molecular flexibility index (Phi) is 6.39. The maximum Gasteiger partial charge on any atom is 0.231 e. The molecule has 1 fully saturated rings. The number of hydrogen-bond donors (Lipinski definition) is 1. The van der Waals surface area contributed by atoms with Crippen LogP contribution in [0.3, 0.4) is 0 Å². The summed E-state index contributed by atoms with van der Waals surface area (Å²) in [6.45, 7) is 8.68. The summed E-state index contributed by atoms with van der Waals surface area (Å²) in [6, 6.07) is 9.74. The van der Waals surface area contributed by atoms with Gasteiger partial charge in [0.1, 0.15) is 0 Å². The number of nitrogens with zero attached hydrogens (tertiary/aromatic N) is 2. The molecule has 31 heavy (non-hydrogen) atoms. The molecule has 4 rings (SSSR count). The van der Waals surface area contributed by atoms with Gasteiger partial charge in [0, 0.05) is 24.7 Å². The summed E-state index contributed by atoms with van der Waals surface area (Å²) in [5.74, 6) is 1.66. The fourth-order valence-electron chi connectivity index (χ4n) is 4.23. The van der Waals surface area contributed by atoms with E-state index in [1.54, 1.807) is 6.20 Å². The molecule has 1 aromatic heterocycles. The third-order valence-electron chi connectivity index (χ3n) is 5.88. The fraction of sp³-hybridized carbons (Fsp3) is 0.500. The van der Waals surface area contributed by atoms with Gasteiger partial charge in [-0.2, -0.15) is 0 Å². The summed E-state index contributed by atoms with van der Waals surface area (Å²) < 4.78 is 10.9. The van der Waals surface area contributed by atoms with E-state index < -0.39 is 5.41 Å². The minimum atomic E-state index is -0.454. The normalized spacial score (nSPS) is 19.8. The number of ether oxygens (including phenoxy) is 2. The molecule has 166 valence electrons. The third-order valence-corrected chi connectivity index (χ3v) is 6.16. The van der Waals surface area contributed by atoms with Crippen molar-refractivity contribution in [3.8, 4) is 11.5 Å². The Balaban J connectivity index is 1.51. The molecule has 1 aromatic carbocycles. The van der Waals surface area contributed by atoms with Gasteiger partial charge in [0.15, 0.2) is 11.5 Å². The second kappa shape index (κ2) is 9.05. The highest BCUT2D eigenvalue weighted by atomic mass is 35.5. The van der Waals surface area contributed by atoms with Gasteiger partial charge in [-0.15, -0.1) is 0 Å². The number of carbonyl (C=O) groups is 1. The average molecular weight is 444 g/mol. The first-order chi connectivity index (χ1) is 14.8. The van der Waals surface area contributed by atoms with Gasteiger partial charge in [-0.25, -0.2) is 0 Å². The van der Waals surface area contributed by atoms with Crippen molar-refractivity contribution in [1.29, 1.82) is 0 Å². The number of likely N-dealkylation sites (tertiary alicyclic amines) is 1. The maximum absolute atomic E-state index is 12.8. The number of fused-ring (bicyclic) bond motifs is 1. The van der Waals surface area contributed by atoms with Gasteiger partial charge in [-0.3, -0.25) is 14.7 Å². The average Bonchev–Trinajstić information content (AvgIpc) is 3.21. The van der Waals surface area contributed by atoms with E-state index in [4.69, 9.17) is 21.1 Å². The van der Waals surface area contributed by atoms with Crippen molar-refractivity contribution in [1.82, 2.24) is 15.2 Å². The summed E-state index contributed by atoms with van der Waals surface area (Å²) in [7, 11) is 0. The first-order valence-corrected chi connectivity index (χ1v) is 11.2. The molecule has 0 bridgehead atoms. The minimum Gasteiger partial charge on any atom is -0.454 e. The zero-order valence-corrected chi connectivity index (χ0v) is 19.1. The van der Waals surface area contributed by atoms with Crippen LogP contribution in [0.15, 0.2) is 36.5 Å². The molecular formula is C24H30ClN3O3. The summed E-state index contributed by atoms with van der Waals surface area (Å²) in [5, 5.41) is 3.87. The molecule has 0 radical (unpaired) electrons. The summed E-state index contributed by atoms with van der Waals surface area (Å²) >= 11 is 6.37. The van der Waals surface area contributed by atoms with E-state index in [-0.39, 0.29) is 24.7 Å². The number of benzene rings is 1. The lowest BCUT2D eigenvalue weighted by molar-refractivity contribution is -0.130. The zero-order valence-electron chi connectivity index (χ0n) is 18.4. The van der Waals surface area contributed by atoms with E-state index in [1.807, 2.05) is 51.1 Å². The van der Waals surface area contributed by atoms with Crippen molar-refractivity contribution in [2.45, 2.75) is 46.2 Å². The molecule has 0 spiro atoms. The Morgan fingerprint density at radius 2 is 2.16 bits per heavy atom. The zero-order chi connectivity index (χ0) is 22.0. The standard InChI is InChI=1S/C24H30ClN3O3/c1-24(2,3)23(29)27-21(19-8-4-5-9-26-19)17-7-6-10-28(14-17)13-16-11-18(25)22-20(12-16)30-15-31-22/h4-5,8-9,11-12,17,21H,6-7,10,13-15H2,1-3H3,(H,27,29)/t17-,21+/m0/s1. The van der Waals surface area contributed by atoms with Crippen LogP contribution in [0.25, 0.3) is 0 Å². The van der Waals surface area contributed by atoms with Crippen LogP contribution in [-0.2, 0) is 11.3 Å². The summed E-state index contributed by atoms with van der Waals surface area (Å²) in [5.41, 5.74) is 1.56. The second-order valence-electron chi connectivity index (χ2n) is 9.40. The summed E-state index contributed by atoms with van der Waals surface area (Å²) in [4.78, 5) is 19.8. The Morgan fingerprint density at radius 1 is 1.32 bits per heavy atom. The van der Waals surface area contributed by atoms with E-state index in [1.165, 1.54) is 0 Å². The number of rotatable bonds is 5. The van der Waals surface area contributed by atoms with Gasteiger partial charge in [0.05, 0.1) is 16.8 Å². The topological polar surface area (TPSA) is 63.7 Å². The van der Waals surface area contributed by atoms with Gasteiger partial charge in [-0.05, 0) is 55.1 Å².